The fourth-order valence-corrected chi connectivity index (χ4v) is 6.28. The quantitative estimate of drug-likeness (QED) is 0.321. The number of halogens is 6. The topological polar surface area (TPSA) is 102 Å². The van der Waals surface area contributed by atoms with Crippen molar-refractivity contribution in [2.24, 2.45) is 5.92 Å². The van der Waals surface area contributed by atoms with Crippen molar-refractivity contribution in [2.45, 2.75) is 82.1 Å². The van der Waals surface area contributed by atoms with E-state index < -0.39 is 35.7 Å². The lowest BCUT2D eigenvalue weighted by atomic mass is 9.83. The summed E-state index contributed by atoms with van der Waals surface area (Å²) in [6.07, 6.45) is -7.41. The van der Waals surface area contributed by atoms with Crippen LogP contribution in [0.5, 0.6) is 0 Å². The fourth-order valence-electron chi connectivity index (χ4n) is 6.28. The Morgan fingerprint density at radius 3 is 2.20 bits per heavy atom. The molecule has 248 valence electrons. The van der Waals surface area contributed by atoms with Gasteiger partial charge in [-0.15, -0.1) is 5.10 Å². The number of benzene rings is 2. The van der Waals surface area contributed by atoms with E-state index in [0.717, 1.165) is 5.56 Å². The van der Waals surface area contributed by atoms with Crippen LogP contribution >= 0.6 is 0 Å². The van der Waals surface area contributed by atoms with Crippen molar-refractivity contribution in [3.05, 3.63) is 77.1 Å². The first-order chi connectivity index (χ1) is 21.8. The number of hydrogen-bond acceptors (Lipinski definition) is 6. The van der Waals surface area contributed by atoms with E-state index in [4.69, 9.17) is 4.74 Å². The molecule has 2 aliphatic rings. The molecule has 3 atom stereocenters. The third kappa shape index (κ3) is 8.22. The second-order valence-corrected chi connectivity index (χ2v) is 11.9. The van der Waals surface area contributed by atoms with E-state index in [0.29, 0.717) is 57.3 Å². The highest BCUT2D eigenvalue weighted by molar-refractivity contribution is 5.79. The molecule has 46 heavy (non-hydrogen) atoms. The van der Waals surface area contributed by atoms with Gasteiger partial charge in [0.1, 0.15) is 12.9 Å². The summed E-state index contributed by atoms with van der Waals surface area (Å²) in [7, 11) is 0. The highest BCUT2D eigenvalue weighted by Crippen LogP contribution is 2.40. The van der Waals surface area contributed by atoms with E-state index in [1.807, 2.05) is 30.3 Å². The SMILES string of the molecule is C[C@@H](O[C@H]1CCN(C(=O)C2CCC(NC(=O)Cn3cnnn3)CC2)C[C@H]1c1ccccc1)c1cc(C(F)(F)F)cc(C(F)(F)F)c1. The van der Waals surface area contributed by atoms with Crippen LogP contribution in [0, 0.1) is 5.92 Å². The maximum atomic E-state index is 13.6. The summed E-state index contributed by atoms with van der Waals surface area (Å²) in [5.74, 6) is -0.815. The predicted octanol–water partition coefficient (Wildman–Crippen LogP) is 5.55. The average molecular weight is 653 g/mol. The van der Waals surface area contributed by atoms with Gasteiger partial charge >= 0.3 is 12.4 Å². The second-order valence-electron chi connectivity index (χ2n) is 11.9. The van der Waals surface area contributed by atoms with Crippen LogP contribution in [-0.2, 0) is 33.2 Å². The summed E-state index contributed by atoms with van der Waals surface area (Å²) >= 11 is 0. The molecule has 2 heterocycles. The first-order valence-electron chi connectivity index (χ1n) is 15.1. The van der Waals surface area contributed by atoms with Crippen LogP contribution in [0.15, 0.2) is 54.9 Å². The van der Waals surface area contributed by atoms with Crippen LogP contribution in [0.4, 0.5) is 26.3 Å². The van der Waals surface area contributed by atoms with Gasteiger partial charge in [0.2, 0.25) is 11.8 Å². The minimum Gasteiger partial charge on any atom is -0.370 e. The Morgan fingerprint density at radius 2 is 1.61 bits per heavy atom. The van der Waals surface area contributed by atoms with E-state index in [1.54, 1.807) is 4.90 Å². The second kappa shape index (κ2) is 13.8. The average Bonchev–Trinajstić information content (AvgIpc) is 3.53. The van der Waals surface area contributed by atoms with Crippen molar-refractivity contribution in [2.75, 3.05) is 13.1 Å². The van der Waals surface area contributed by atoms with Crippen LogP contribution in [0.25, 0.3) is 0 Å². The molecule has 1 aliphatic heterocycles. The molecule has 2 fully saturated rings. The maximum Gasteiger partial charge on any atom is 0.416 e. The number of ether oxygens (including phenoxy) is 1. The van der Waals surface area contributed by atoms with Gasteiger partial charge in [-0.2, -0.15) is 26.3 Å². The molecule has 3 aromatic rings. The Hall–Kier alpha value is -4.01. The Morgan fingerprint density at radius 1 is 0.957 bits per heavy atom. The zero-order valence-corrected chi connectivity index (χ0v) is 25.0. The molecule has 1 saturated carbocycles. The zero-order chi connectivity index (χ0) is 33.1. The van der Waals surface area contributed by atoms with Gasteiger partial charge in [-0.25, -0.2) is 4.68 Å². The van der Waals surface area contributed by atoms with Crippen LogP contribution in [-0.4, -0.2) is 62.2 Å². The molecular weight excluding hydrogens is 618 g/mol. The molecule has 0 radical (unpaired) electrons. The number of rotatable bonds is 8. The maximum absolute atomic E-state index is 13.6. The van der Waals surface area contributed by atoms with E-state index >= 15 is 0 Å². The predicted molar refractivity (Wildman–Crippen MR) is 152 cm³/mol. The molecule has 9 nitrogen and oxygen atoms in total. The molecule has 5 rings (SSSR count). The first-order valence-corrected chi connectivity index (χ1v) is 15.1. The number of likely N-dealkylation sites (tertiary alicyclic amines) is 1. The summed E-state index contributed by atoms with van der Waals surface area (Å²) in [6.45, 7) is 2.06. The Labute approximate surface area is 261 Å². The van der Waals surface area contributed by atoms with Gasteiger partial charge in [-0.05, 0) is 78.8 Å². The number of tetrazole rings is 1. The van der Waals surface area contributed by atoms with Crippen LogP contribution in [0.1, 0.15) is 73.3 Å². The normalized spacial score (nSPS) is 23.2. The zero-order valence-electron chi connectivity index (χ0n) is 25.0. The fraction of sp³-hybridized carbons (Fsp3) is 0.516. The number of hydrogen-bond donors (Lipinski definition) is 1. The molecule has 1 aliphatic carbocycles. The minimum absolute atomic E-state index is 0.000375. The Kier molecular flexibility index (Phi) is 9.99. The van der Waals surface area contributed by atoms with E-state index in [9.17, 15) is 35.9 Å². The molecule has 0 bridgehead atoms. The summed E-state index contributed by atoms with van der Waals surface area (Å²) in [5, 5.41) is 13.6. The van der Waals surface area contributed by atoms with Crippen LogP contribution in [0.3, 0.4) is 0 Å². The number of carbonyl (C=O) groups excluding carboxylic acids is 2. The third-order valence-corrected chi connectivity index (χ3v) is 8.69. The van der Waals surface area contributed by atoms with Gasteiger partial charge in [-0.3, -0.25) is 9.59 Å². The highest BCUT2D eigenvalue weighted by atomic mass is 19.4. The number of alkyl halides is 6. The van der Waals surface area contributed by atoms with Gasteiger partial charge in [0, 0.05) is 31.0 Å². The monoisotopic (exact) mass is 652 g/mol. The summed E-state index contributed by atoms with van der Waals surface area (Å²) < 4.78 is 88.5. The first kappa shape index (κ1) is 33.4. The Bertz CT molecular complexity index is 1440. The van der Waals surface area contributed by atoms with Crippen molar-refractivity contribution in [3.63, 3.8) is 0 Å². The standard InChI is InChI=1S/C31H34F6N6O3/c1-19(22-13-23(30(32,33)34)15-24(14-22)31(35,36)37)46-27-11-12-42(16-26(27)20-5-3-2-4-6-20)29(45)21-7-9-25(10-8-21)39-28(44)17-43-18-38-40-41-43/h2-6,13-15,18-19,21,25-27H,7-12,16-17H2,1H3,(H,39,44)/t19-,21?,25?,26+,27+/m1/s1. The smallest absolute Gasteiger partial charge is 0.370 e. The molecule has 2 amide bonds. The molecule has 1 aromatic heterocycles. The van der Waals surface area contributed by atoms with E-state index in [-0.39, 0.29) is 47.9 Å². The third-order valence-electron chi connectivity index (χ3n) is 8.69. The lowest BCUT2D eigenvalue weighted by molar-refractivity contribution is -0.143. The van der Waals surface area contributed by atoms with Crippen molar-refractivity contribution < 1.29 is 40.7 Å². The van der Waals surface area contributed by atoms with Gasteiger partial charge in [0.05, 0.1) is 23.3 Å². The van der Waals surface area contributed by atoms with Crippen molar-refractivity contribution in [3.8, 4) is 0 Å². The molecule has 1 N–H and O–H groups in total. The van der Waals surface area contributed by atoms with Gasteiger partial charge in [-0.1, -0.05) is 30.3 Å². The van der Waals surface area contributed by atoms with Gasteiger partial charge in [0.15, 0.2) is 0 Å². The van der Waals surface area contributed by atoms with Crippen LogP contribution < -0.4 is 5.32 Å². The lowest BCUT2D eigenvalue weighted by Gasteiger charge is -2.42. The van der Waals surface area contributed by atoms with Gasteiger partial charge in [0.25, 0.3) is 0 Å². The largest absolute Gasteiger partial charge is 0.416 e. The van der Waals surface area contributed by atoms with Crippen molar-refractivity contribution in [1.29, 1.82) is 0 Å². The van der Waals surface area contributed by atoms with Crippen molar-refractivity contribution >= 4 is 11.8 Å². The number of carbonyl (C=O) groups is 2. The number of nitrogens with zero attached hydrogens (tertiary/aromatic N) is 5. The number of nitrogens with one attached hydrogen (secondary N) is 1. The van der Waals surface area contributed by atoms with Gasteiger partial charge < -0.3 is 15.0 Å². The van der Waals surface area contributed by atoms with Crippen LogP contribution in [0.2, 0.25) is 0 Å². The minimum atomic E-state index is -4.96. The summed E-state index contributed by atoms with van der Waals surface area (Å²) in [5.41, 5.74) is -2.16. The number of piperidine rings is 1. The number of aromatic nitrogens is 4. The summed E-state index contributed by atoms with van der Waals surface area (Å²) in [4.78, 5) is 27.7. The molecule has 0 spiro atoms. The molecule has 2 aromatic carbocycles. The van der Waals surface area contributed by atoms with E-state index in [1.165, 1.54) is 17.9 Å². The van der Waals surface area contributed by atoms with Crippen molar-refractivity contribution in [1.82, 2.24) is 30.4 Å². The Balaban J connectivity index is 1.24. The number of amides is 2. The lowest BCUT2D eigenvalue weighted by Crippen LogP contribution is -2.49. The molecular formula is C31H34F6N6O3. The molecule has 15 heteroatoms. The molecule has 0 unspecified atom stereocenters. The van der Waals surface area contributed by atoms with E-state index in [2.05, 4.69) is 20.8 Å². The molecule has 1 saturated heterocycles. The highest BCUT2D eigenvalue weighted by Gasteiger charge is 2.40. The summed E-state index contributed by atoms with van der Waals surface area (Å²) in [6, 6.07) is 10.6.